The van der Waals surface area contributed by atoms with Crippen LogP contribution in [0.25, 0.3) is 0 Å². The van der Waals surface area contributed by atoms with Gasteiger partial charge in [0.2, 0.25) is 21.8 Å². The van der Waals surface area contributed by atoms with Gasteiger partial charge in [0.15, 0.2) is 0 Å². The van der Waals surface area contributed by atoms with E-state index < -0.39 is 28.5 Å². The zero-order valence-corrected chi connectivity index (χ0v) is 23.9. The average molecular weight is 552 g/mol. The van der Waals surface area contributed by atoms with Gasteiger partial charge in [0.1, 0.15) is 24.1 Å². The molecule has 8 nitrogen and oxygen atoms in total. The Morgan fingerprint density at radius 1 is 0.872 bits per heavy atom. The van der Waals surface area contributed by atoms with Gasteiger partial charge in [-0.25, -0.2) is 8.42 Å². The normalized spacial score (nSPS) is 12.1. The van der Waals surface area contributed by atoms with Crippen molar-refractivity contribution in [2.24, 2.45) is 5.92 Å². The molecular formula is C30H37N3O5S. The number of hydrogen-bond donors (Lipinski definition) is 1. The second-order valence-corrected chi connectivity index (χ2v) is 11.8. The molecule has 1 N–H and O–H groups in total. The zero-order chi connectivity index (χ0) is 28.6. The van der Waals surface area contributed by atoms with Gasteiger partial charge in [0.05, 0.1) is 11.9 Å². The third-order valence-electron chi connectivity index (χ3n) is 6.24. The molecule has 2 amide bonds. The number of ether oxygens (including phenoxy) is 1. The van der Waals surface area contributed by atoms with E-state index in [9.17, 15) is 18.0 Å². The SMILES string of the molecule is Cc1ccccc1CN(C(=O)CN(c1ccc(Oc2ccccc2)cc1)S(C)(=O)=O)[C@H](C)C(=O)NCC(C)C. The van der Waals surface area contributed by atoms with E-state index in [0.29, 0.717) is 23.7 Å². The number of nitrogens with one attached hydrogen (secondary N) is 1. The lowest BCUT2D eigenvalue weighted by Crippen LogP contribution is -2.51. The molecule has 0 spiro atoms. The van der Waals surface area contributed by atoms with Gasteiger partial charge in [-0.05, 0) is 67.3 Å². The highest BCUT2D eigenvalue weighted by molar-refractivity contribution is 7.92. The van der Waals surface area contributed by atoms with Crippen molar-refractivity contribution in [3.63, 3.8) is 0 Å². The largest absolute Gasteiger partial charge is 0.457 e. The zero-order valence-electron chi connectivity index (χ0n) is 23.1. The molecule has 0 heterocycles. The lowest BCUT2D eigenvalue weighted by molar-refractivity contribution is -0.139. The van der Waals surface area contributed by atoms with Crippen molar-refractivity contribution in [2.75, 3.05) is 23.7 Å². The molecule has 0 radical (unpaired) electrons. The van der Waals surface area contributed by atoms with Crippen LogP contribution in [0.2, 0.25) is 0 Å². The van der Waals surface area contributed by atoms with Crippen molar-refractivity contribution in [3.05, 3.63) is 90.0 Å². The quantitative estimate of drug-likeness (QED) is 0.351. The Kier molecular flexibility index (Phi) is 10.1. The van der Waals surface area contributed by atoms with Crippen molar-refractivity contribution >= 4 is 27.5 Å². The highest BCUT2D eigenvalue weighted by atomic mass is 32.2. The maximum absolute atomic E-state index is 13.7. The third kappa shape index (κ3) is 8.58. The van der Waals surface area contributed by atoms with Gasteiger partial charge in [-0.15, -0.1) is 0 Å². The van der Waals surface area contributed by atoms with Crippen LogP contribution < -0.4 is 14.4 Å². The molecule has 39 heavy (non-hydrogen) atoms. The number of anilines is 1. The van der Waals surface area contributed by atoms with Crippen LogP contribution in [0.15, 0.2) is 78.9 Å². The van der Waals surface area contributed by atoms with Crippen LogP contribution >= 0.6 is 0 Å². The molecule has 0 aliphatic rings. The first-order valence-electron chi connectivity index (χ1n) is 12.9. The lowest BCUT2D eigenvalue weighted by Gasteiger charge is -2.32. The lowest BCUT2D eigenvalue weighted by atomic mass is 10.1. The number of carbonyl (C=O) groups is 2. The van der Waals surface area contributed by atoms with Gasteiger partial charge in [-0.1, -0.05) is 56.3 Å². The first-order chi connectivity index (χ1) is 18.5. The van der Waals surface area contributed by atoms with Crippen LogP contribution in [0.1, 0.15) is 31.9 Å². The van der Waals surface area contributed by atoms with Crippen molar-refractivity contribution in [3.8, 4) is 11.5 Å². The molecule has 0 aliphatic heterocycles. The predicted octanol–water partition coefficient (Wildman–Crippen LogP) is 4.74. The molecule has 0 aromatic heterocycles. The van der Waals surface area contributed by atoms with Crippen molar-refractivity contribution in [1.82, 2.24) is 10.2 Å². The van der Waals surface area contributed by atoms with E-state index in [1.165, 1.54) is 4.90 Å². The Balaban J connectivity index is 1.86. The van der Waals surface area contributed by atoms with Crippen molar-refractivity contribution in [2.45, 2.75) is 40.3 Å². The number of amides is 2. The van der Waals surface area contributed by atoms with Crippen LogP contribution in [0.3, 0.4) is 0 Å². The van der Waals surface area contributed by atoms with Gasteiger partial charge >= 0.3 is 0 Å². The van der Waals surface area contributed by atoms with E-state index in [0.717, 1.165) is 21.7 Å². The molecule has 208 valence electrons. The Hall–Kier alpha value is -3.85. The number of nitrogens with zero attached hydrogens (tertiary/aromatic N) is 2. The molecule has 9 heteroatoms. The van der Waals surface area contributed by atoms with Gasteiger partial charge in [-0.2, -0.15) is 0 Å². The maximum atomic E-state index is 13.7. The van der Waals surface area contributed by atoms with Crippen LogP contribution in [0, 0.1) is 12.8 Å². The molecule has 3 rings (SSSR count). The number of hydrogen-bond acceptors (Lipinski definition) is 5. The van der Waals surface area contributed by atoms with E-state index in [1.807, 2.05) is 75.4 Å². The summed E-state index contributed by atoms with van der Waals surface area (Å²) in [6, 6.07) is 22.5. The minimum absolute atomic E-state index is 0.170. The predicted molar refractivity (Wildman–Crippen MR) is 154 cm³/mol. The van der Waals surface area contributed by atoms with E-state index in [1.54, 1.807) is 31.2 Å². The molecule has 0 unspecified atom stereocenters. The standard InChI is InChI=1S/C30H37N3O5S/c1-22(2)19-31-30(35)24(4)32(20-25-12-10-9-11-23(25)3)29(34)21-33(39(5,36)37)26-15-17-28(18-16-26)38-27-13-7-6-8-14-27/h6-18,22,24H,19-21H2,1-5H3,(H,31,35)/t24-/m1/s1. The molecular weight excluding hydrogens is 514 g/mol. The average Bonchev–Trinajstić information content (AvgIpc) is 2.90. The fraction of sp³-hybridized carbons (Fsp3) is 0.333. The first kappa shape index (κ1) is 29.7. The number of para-hydroxylation sites is 1. The van der Waals surface area contributed by atoms with Gasteiger partial charge in [0.25, 0.3) is 0 Å². The summed E-state index contributed by atoms with van der Waals surface area (Å²) in [5.74, 6) is 0.647. The Labute approximate surface area is 231 Å². The highest BCUT2D eigenvalue weighted by Crippen LogP contribution is 2.26. The Bertz CT molecular complexity index is 1360. The smallest absolute Gasteiger partial charge is 0.244 e. The van der Waals surface area contributed by atoms with E-state index >= 15 is 0 Å². The fourth-order valence-corrected chi connectivity index (χ4v) is 4.77. The van der Waals surface area contributed by atoms with Gasteiger partial charge in [0, 0.05) is 13.1 Å². The highest BCUT2D eigenvalue weighted by Gasteiger charge is 2.30. The number of benzene rings is 3. The summed E-state index contributed by atoms with van der Waals surface area (Å²) in [4.78, 5) is 28.1. The molecule has 0 saturated heterocycles. The second-order valence-electron chi connectivity index (χ2n) is 9.94. The summed E-state index contributed by atoms with van der Waals surface area (Å²) in [6.07, 6.45) is 1.05. The van der Waals surface area contributed by atoms with E-state index in [4.69, 9.17) is 4.74 Å². The van der Waals surface area contributed by atoms with E-state index in [2.05, 4.69) is 5.32 Å². The minimum atomic E-state index is -3.82. The Morgan fingerprint density at radius 3 is 2.05 bits per heavy atom. The third-order valence-corrected chi connectivity index (χ3v) is 7.38. The van der Waals surface area contributed by atoms with Gasteiger partial charge in [-0.3, -0.25) is 13.9 Å². The molecule has 3 aromatic rings. The summed E-state index contributed by atoms with van der Waals surface area (Å²) in [6.45, 7) is 7.76. The Morgan fingerprint density at radius 2 is 1.46 bits per heavy atom. The first-order valence-corrected chi connectivity index (χ1v) is 14.7. The number of carbonyl (C=O) groups excluding carboxylic acids is 2. The van der Waals surface area contributed by atoms with Crippen LogP contribution in [-0.4, -0.2) is 50.5 Å². The van der Waals surface area contributed by atoms with Crippen LogP contribution in [0.5, 0.6) is 11.5 Å². The molecule has 0 fully saturated rings. The summed E-state index contributed by atoms with van der Waals surface area (Å²) < 4.78 is 32.5. The summed E-state index contributed by atoms with van der Waals surface area (Å²) in [5, 5.41) is 2.88. The minimum Gasteiger partial charge on any atom is -0.457 e. The molecule has 0 aliphatic carbocycles. The summed E-state index contributed by atoms with van der Waals surface area (Å²) in [7, 11) is -3.82. The van der Waals surface area contributed by atoms with Gasteiger partial charge < -0.3 is 15.0 Å². The molecule has 3 aromatic carbocycles. The van der Waals surface area contributed by atoms with Crippen LogP contribution in [0.4, 0.5) is 5.69 Å². The van der Waals surface area contributed by atoms with Crippen molar-refractivity contribution in [1.29, 1.82) is 0 Å². The summed E-state index contributed by atoms with van der Waals surface area (Å²) in [5.41, 5.74) is 2.17. The van der Waals surface area contributed by atoms with Crippen molar-refractivity contribution < 1.29 is 22.7 Å². The fourth-order valence-electron chi connectivity index (χ4n) is 3.92. The number of rotatable bonds is 12. The number of aryl methyl sites for hydroxylation is 1. The maximum Gasteiger partial charge on any atom is 0.244 e. The van der Waals surface area contributed by atoms with Crippen LogP contribution in [-0.2, 0) is 26.2 Å². The molecule has 0 bridgehead atoms. The van der Waals surface area contributed by atoms with E-state index in [-0.39, 0.29) is 18.4 Å². The molecule has 1 atom stereocenters. The molecule has 0 saturated carbocycles. The topological polar surface area (TPSA) is 96.0 Å². The monoisotopic (exact) mass is 551 g/mol. The number of sulfonamides is 1. The second kappa shape index (κ2) is 13.3. The summed E-state index contributed by atoms with van der Waals surface area (Å²) >= 11 is 0.